The Hall–Kier alpha value is -2.64. The van der Waals surface area contributed by atoms with Crippen LogP contribution in [0.3, 0.4) is 0 Å². The van der Waals surface area contributed by atoms with E-state index in [2.05, 4.69) is 87.4 Å². The van der Waals surface area contributed by atoms with Crippen LogP contribution in [0.15, 0.2) is 59.1 Å². The smallest absolute Gasteiger partial charge is 0.191 e. The zero-order chi connectivity index (χ0) is 21.1. The number of hydrogen-bond donors (Lipinski definition) is 0. The minimum Gasteiger partial charge on any atom is -0.378 e. The molecule has 0 aliphatic heterocycles. The Morgan fingerprint density at radius 2 is 1.83 bits per heavy atom. The van der Waals surface area contributed by atoms with Crippen LogP contribution in [-0.4, -0.2) is 33.8 Å². The zero-order valence-corrected chi connectivity index (χ0v) is 19.3. The standard InChI is InChI=1S/C23H25N5S2/c1-5-28-21(17-9-11-20(12-10-17)27(3)4)25-26-23(28)30-15-19-14-29-22(24-19)18-8-6-7-16(2)13-18/h6-14H,5,15H2,1-4H3. The lowest BCUT2D eigenvalue weighted by Crippen LogP contribution is -2.08. The molecule has 0 bridgehead atoms. The molecule has 0 fully saturated rings. The fraction of sp³-hybridized carbons (Fsp3) is 0.261. The largest absolute Gasteiger partial charge is 0.378 e. The number of anilines is 1. The van der Waals surface area contributed by atoms with Crippen LogP contribution in [0, 0.1) is 6.92 Å². The summed E-state index contributed by atoms with van der Waals surface area (Å²) in [4.78, 5) is 6.91. The highest BCUT2D eigenvalue weighted by atomic mass is 32.2. The lowest BCUT2D eigenvalue weighted by molar-refractivity contribution is 0.687. The van der Waals surface area contributed by atoms with Gasteiger partial charge >= 0.3 is 0 Å². The Morgan fingerprint density at radius 3 is 2.53 bits per heavy atom. The van der Waals surface area contributed by atoms with Crippen LogP contribution in [-0.2, 0) is 12.3 Å². The zero-order valence-electron chi connectivity index (χ0n) is 17.7. The lowest BCUT2D eigenvalue weighted by atomic mass is 10.1. The molecule has 0 spiro atoms. The van der Waals surface area contributed by atoms with Crippen LogP contribution in [0.1, 0.15) is 18.2 Å². The lowest BCUT2D eigenvalue weighted by Gasteiger charge is -2.13. The van der Waals surface area contributed by atoms with Gasteiger partial charge in [-0.1, -0.05) is 35.5 Å². The molecule has 30 heavy (non-hydrogen) atoms. The monoisotopic (exact) mass is 435 g/mol. The minimum absolute atomic E-state index is 0.778. The molecule has 7 heteroatoms. The quantitative estimate of drug-likeness (QED) is 0.346. The Balaban J connectivity index is 1.49. The molecule has 154 valence electrons. The molecule has 4 rings (SSSR count). The number of nitrogens with zero attached hydrogens (tertiary/aromatic N) is 5. The molecule has 0 saturated carbocycles. The second-order valence-corrected chi connectivity index (χ2v) is 9.09. The first-order chi connectivity index (χ1) is 14.5. The molecule has 5 nitrogen and oxygen atoms in total. The average Bonchev–Trinajstić information content (AvgIpc) is 3.39. The Kier molecular flexibility index (Phi) is 6.20. The average molecular weight is 436 g/mol. The summed E-state index contributed by atoms with van der Waals surface area (Å²) < 4.78 is 2.17. The Morgan fingerprint density at radius 1 is 1.03 bits per heavy atom. The van der Waals surface area contributed by atoms with E-state index in [1.165, 1.54) is 16.8 Å². The van der Waals surface area contributed by atoms with E-state index >= 15 is 0 Å². The summed E-state index contributed by atoms with van der Waals surface area (Å²) in [5.41, 5.74) is 5.75. The SMILES string of the molecule is CCn1c(SCc2csc(-c3cccc(C)c3)n2)nnc1-c1ccc(N(C)C)cc1. The van der Waals surface area contributed by atoms with Crippen LogP contribution in [0.25, 0.3) is 22.0 Å². The van der Waals surface area contributed by atoms with Crippen LogP contribution in [0.5, 0.6) is 0 Å². The van der Waals surface area contributed by atoms with Gasteiger partial charge in [-0.15, -0.1) is 21.5 Å². The van der Waals surface area contributed by atoms with Gasteiger partial charge in [0.2, 0.25) is 0 Å². The molecular weight excluding hydrogens is 410 g/mol. The van der Waals surface area contributed by atoms with Gasteiger partial charge in [-0.05, 0) is 44.2 Å². The summed E-state index contributed by atoms with van der Waals surface area (Å²) in [5, 5.41) is 13.0. The van der Waals surface area contributed by atoms with E-state index in [1.54, 1.807) is 23.1 Å². The van der Waals surface area contributed by atoms with Crippen molar-refractivity contribution in [2.45, 2.75) is 31.3 Å². The molecule has 0 aliphatic rings. The van der Waals surface area contributed by atoms with E-state index in [9.17, 15) is 0 Å². The van der Waals surface area contributed by atoms with Crippen molar-refractivity contribution in [3.05, 3.63) is 65.2 Å². The summed E-state index contributed by atoms with van der Waals surface area (Å²) in [6.45, 7) is 5.06. The van der Waals surface area contributed by atoms with Crippen LogP contribution >= 0.6 is 23.1 Å². The van der Waals surface area contributed by atoms with Gasteiger partial charge in [-0.2, -0.15) is 0 Å². The normalized spacial score (nSPS) is 11.1. The van der Waals surface area contributed by atoms with Gasteiger partial charge in [0, 0.05) is 48.6 Å². The van der Waals surface area contributed by atoms with Gasteiger partial charge in [-0.25, -0.2) is 4.98 Å². The molecule has 2 aromatic heterocycles. The first kappa shape index (κ1) is 20.6. The van der Waals surface area contributed by atoms with Crippen molar-refractivity contribution in [2.24, 2.45) is 0 Å². The fourth-order valence-corrected chi connectivity index (χ4v) is 5.04. The second kappa shape index (κ2) is 9.02. The van der Waals surface area contributed by atoms with Crippen molar-refractivity contribution in [3.8, 4) is 22.0 Å². The maximum atomic E-state index is 4.82. The molecule has 0 amide bonds. The van der Waals surface area contributed by atoms with E-state index in [1.807, 2.05) is 14.1 Å². The first-order valence-corrected chi connectivity index (χ1v) is 11.8. The molecule has 0 N–H and O–H groups in total. The highest BCUT2D eigenvalue weighted by molar-refractivity contribution is 7.98. The molecule has 0 atom stereocenters. The molecule has 4 aromatic rings. The van der Waals surface area contributed by atoms with Crippen LogP contribution in [0.4, 0.5) is 5.69 Å². The third-order valence-electron chi connectivity index (χ3n) is 4.84. The molecule has 0 unspecified atom stereocenters. The van der Waals surface area contributed by atoms with Crippen molar-refractivity contribution in [3.63, 3.8) is 0 Å². The maximum absolute atomic E-state index is 4.82. The topological polar surface area (TPSA) is 46.8 Å². The number of aromatic nitrogens is 4. The third-order valence-corrected chi connectivity index (χ3v) is 6.78. The number of aryl methyl sites for hydroxylation is 1. The number of thioether (sulfide) groups is 1. The van der Waals surface area contributed by atoms with Gasteiger partial charge in [0.15, 0.2) is 11.0 Å². The molecule has 0 saturated heterocycles. The molecule has 2 heterocycles. The predicted molar refractivity (Wildman–Crippen MR) is 127 cm³/mol. The third kappa shape index (κ3) is 4.42. The Labute approximate surface area is 185 Å². The first-order valence-electron chi connectivity index (χ1n) is 9.90. The number of hydrogen-bond acceptors (Lipinski definition) is 6. The van der Waals surface area contributed by atoms with Crippen molar-refractivity contribution in [2.75, 3.05) is 19.0 Å². The van der Waals surface area contributed by atoms with Crippen molar-refractivity contribution >= 4 is 28.8 Å². The molecule has 2 aromatic carbocycles. The van der Waals surface area contributed by atoms with Crippen molar-refractivity contribution in [1.29, 1.82) is 0 Å². The molecule has 0 radical (unpaired) electrons. The van der Waals surface area contributed by atoms with Gasteiger partial charge in [-0.3, -0.25) is 0 Å². The number of rotatable bonds is 7. The van der Waals surface area contributed by atoms with E-state index in [-0.39, 0.29) is 0 Å². The van der Waals surface area contributed by atoms with Crippen LogP contribution < -0.4 is 4.90 Å². The predicted octanol–water partition coefficient (Wildman–Crippen LogP) is 5.76. The van der Waals surface area contributed by atoms with Gasteiger partial charge in [0.25, 0.3) is 0 Å². The van der Waals surface area contributed by atoms with E-state index in [0.29, 0.717) is 0 Å². The number of thiazole rings is 1. The summed E-state index contributed by atoms with van der Waals surface area (Å²) in [7, 11) is 4.09. The summed E-state index contributed by atoms with van der Waals surface area (Å²) in [6.07, 6.45) is 0. The Bertz CT molecular complexity index is 1130. The number of benzene rings is 2. The highest BCUT2D eigenvalue weighted by Gasteiger charge is 2.14. The molecular formula is C23H25N5S2. The highest BCUT2D eigenvalue weighted by Crippen LogP contribution is 2.30. The van der Waals surface area contributed by atoms with E-state index in [4.69, 9.17) is 4.98 Å². The van der Waals surface area contributed by atoms with Gasteiger partial charge in [0.05, 0.1) is 5.69 Å². The summed E-state index contributed by atoms with van der Waals surface area (Å²) in [6, 6.07) is 16.9. The maximum Gasteiger partial charge on any atom is 0.191 e. The van der Waals surface area contributed by atoms with Crippen molar-refractivity contribution in [1.82, 2.24) is 19.7 Å². The second-order valence-electron chi connectivity index (χ2n) is 7.29. The summed E-state index contributed by atoms with van der Waals surface area (Å²) in [5.74, 6) is 1.68. The van der Waals surface area contributed by atoms with E-state index < -0.39 is 0 Å². The fourth-order valence-electron chi connectivity index (χ4n) is 3.23. The van der Waals surface area contributed by atoms with Crippen LogP contribution in [0.2, 0.25) is 0 Å². The van der Waals surface area contributed by atoms with Crippen molar-refractivity contribution < 1.29 is 0 Å². The summed E-state index contributed by atoms with van der Waals surface area (Å²) >= 11 is 3.38. The van der Waals surface area contributed by atoms with E-state index in [0.717, 1.165) is 39.5 Å². The van der Waals surface area contributed by atoms with Gasteiger partial charge < -0.3 is 9.47 Å². The molecule has 0 aliphatic carbocycles. The van der Waals surface area contributed by atoms with Gasteiger partial charge in [0.1, 0.15) is 5.01 Å². The minimum atomic E-state index is 0.778.